The van der Waals surface area contributed by atoms with E-state index in [2.05, 4.69) is 0 Å². The smallest absolute Gasteiger partial charge is 0.256 e. The second-order valence-electron chi connectivity index (χ2n) is 4.43. The molecule has 2 aromatic rings. The van der Waals surface area contributed by atoms with E-state index < -0.39 is 11.9 Å². The molecule has 0 bridgehead atoms. The van der Waals surface area contributed by atoms with Crippen LogP contribution >= 0.6 is 0 Å². The van der Waals surface area contributed by atoms with Crippen molar-refractivity contribution in [3.63, 3.8) is 0 Å². The topological polar surface area (TPSA) is 91.1 Å². The molecule has 0 aliphatic heterocycles. The molecule has 0 fully saturated rings. The number of carbonyl (C=O) groups is 1. The van der Waals surface area contributed by atoms with Gasteiger partial charge in [-0.1, -0.05) is 25.1 Å². The lowest BCUT2D eigenvalue weighted by Gasteiger charge is -2.18. The fourth-order valence-electron chi connectivity index (χ4n) is 2.31. The van der Waals surface area contributed by atoms with Crippen LogP contribution in [0.1, 0.15) is 24.9 Å². The maximum absolute atomic E-state index is 12.4. The van der Waals surface area contributed by atoms with Gasteiger partial charge in [-0.05, 0) is 23.9 Å². The van der Waals surface area contributed by atoms with Gasteiger partial charge in [0.25, 0.3) is 5.56 Å². The maximum Gasteiger partial charge on any atom is 0.256 e. The van der Waals surface area contributed by atoms with E-state index in [1.54, 1.807) is 6.07 Å². The van der Waals surface area contributed by atoms with Gasteiger partial charge in [-0.25, -0.2) is 0 Å². The zero-order chi connectivity index (χ0) is 14.0. The molecule has 1 atom stereocenters. The zero-order valence-electron chi connectivity index (χ0n) is 10.8. The molecule has 5 nitrogen and oxygen atoms in total. The second-order valence-corrected chi connectivity index (χ2v) is 4.43. The molecule has 1 aromatic carbocycles. The number of nitrogens with zero attached hydrogens (tertiary/aromatic N) is 1. The molecule has 0 saturated carbocycles. The minimum absolute atomic E-state index is 0.138. The predicted molar refractivity (Wildman–Crippen MR) is 74.6 cm³/mol. The standard InChI is InChI=1S/C14H17N3O2/c1-2-11(13(16)18)17-12-6-4-3-5-9(12)7-10(8-15)14(17)19/h3-7,11H,2,8,15H2,1H3,(H2,16,18). The van der Waals surface area contributed by atoms with Crippen LogP contribution in [0.2, 0.25) is 0 Å². The average Bonchev–Trinajstić information content (AvgIpc) is 2.41. The third kappa shape index (κ3) is 2.24. The highest BCUT2D eigenvalue weighted by atomic mass is 16.2. The number of hydrogen-bond donors (Lipinski definition) is 2. The Hall–Kier alpha value is -2.14. The van der Waals surface area contributed by atoms with Crippen LogP contribution in [-0.4, -0.2) is 10.5 Å². The molecule has 0 aliphatic carbocycles. The highest BCUT2D eigenvalue weighted by Gasteiger charge is 2.20. The van der Waals surface area contributed by atoms with Crippen molar-refractivity contribution in [2.75, 3.05) is 0 Å². The Morgan fingerprint density at radius 1 is 1.37 bits per heavy atom. The fraction of sp³-hybridized carbons (Fsp3) is 0.286. The molecule has 19 heavy (non-hydrogen) atoms. The summed E-state index contributed by atoms with van der Waals surface area (Å²) >= 11 is 0. The number of fused-ring (bicyclic) bond motifs is 1. The van der Waals surface area contributed by atoms with Gasteiger partial charge < -0.3 is 11.5 Å². The Morgan fingerprint density at radius 3 is 2.63 bits per heavy atom. The molecular formula is C14H17N3O2. The fourth-order valence-corrected chi connectivity index (χ4v) is 2.31. The first-order chi connectivity index (χ1) is 9.10. The van der Waals surface area contributed by atoms with Crippen LogP contribution < -0.4 is 17.0 Å². The van der Waals surface area contributed by atoms with Gasteiger partial charge in [0.2, 0.25) is 5.91 Å². The number of carbonyl (C=O) groups excluding carboxylic acids is 1. The second kappa shape index (κ2) is 5.24. The first-order valence-corrected chi connectivity index (χ1v) is 6.22. The summed E-state index contributed by atoms with van der Waals surface area (Å²) in [6, 6.07) is 8.52. The van der Waals surface area contributed by atoms with E-state index in [0.29, 0.717) is 17.5 Å². The number of amides is 1. The van der Waals surface area contributed by atoms with Crippen molar-refractivity contribution in [1.82, 2.24) is 4.57 Å². The molecule has 0 aliphatic rings. The lowest BCUT2D eigenvalue weighted by Crippen LogP contribution is -2.35. The van der Waals surface area contributed by atoms with Crippen LogP contribution in [0.4, 0.5) is 0 Å². The van der Waals surface area contributed by atoms with Gasteiger partial charge in [-0.3, -0.25) is 14.2 Å². The summed E-state index contributed by atoms with van der Waals surface area (Å²) in [4.78, 5) is 24.0. The number of primary amides is 1. The predicted octanol–water partition coefficient (Wildman–Crippen LogP) is 0.897. The molecule has 5 heteroatoms. The Bertz CT molecular complexity index is 676. The summed E-state index contributed by atoms with van der Waals surface area (Å²) in [6.45, 7) is 1.96. The number of hydrogen-bond acceptors (Lipinski definition) is 3. The molecular weight excluding hydrogens is 242 g/mol. The highest BCUT2D eigenvalue weighted by Crippen LogP contribution is 2.19. The van der Waals surface area contributed by atoms with E-state index in [1.165, 1.54) is 4.57 Å². The third-order valence-corrected chi connectivity index (χ3v) is 3.27. The van der Waals surface area contributed by atoms with Gasteiger partial charge in [0, 0.05) is 12.1 Å². The van der Waals surface area contributed by atoms with Crippen molar-refractivity contribution in [3.8, 4) is 0 Å². The third-order valence-electron chi connectivity index (χ3n) is 3.27. The van der Waals surface area contributed by atoms with Gasteiger partial charge in [-0.15, -0.1) is 0 Å². The zero-order valence-corrected chi connectivity index (χ0v) is 10.8. The lowest BCUT2D eigenvalue weighted by molar-refractivity contribution is -0.121. The normalized spacial score (nSPS) is 12.5. The van der Waals surface area contributed by atoms with Crippen LogP contribution in [-0.2, 0) is 11.3 Å². The van der Waals surface area contributed by atoms with Crippen LogP contribution in [0.3, 0.4) is 0 Å². The maximum atomic E-state index is 12.4. The Labute approximate surface area is 110 Å². The van der Waals surface area contributed by atoms with Gasteiger partial charge in [0.1, 0.15) is 6.04 Å². The summed E-state index contributed by atoms with van der Waals surface area (Å²) in [5, 5.41) is 0.877. The quantitative estimate of drug-likeness (QED) is 0.854. The van der Waals surface area contributed by atoms with Crippen molar-refractivity contribution in [1.29, 1.82) is 0 Å². The Kier molecular flexibility index (Phi) is 3.66. The summed E-state index contributed by atoms with van der Waals surface area (Å²) in [6.07, 6.45) is 0.466. The minimum Gasteiger partial charge on any atom is -0.368 e. The van der Waals surface area contributed by atoms with Crippen LogP contribution in [0.5, 0.6) is 0 Å². The van der Waals surface area contributed by atoms with E-state index in [9.17, 15) is 9.59 Å². The molecule has 1 amide bonds. The first-order valence-electron chi connectivity index (χ1n) is 6.22. The van der Waals surface area contributed by atoms with Crippen LogP contribution in [0, 0.1) is 0 Å². The minimum atomic E-state index is -0.649. The van der Waals surface area contributed by atoms with E-state index in [-0.39, 0.29) is 12.1 Å². The molecule has 0 spiro atoms. The van der Waals surface area contributed by atoms with Gasteiger partial charge in [-0.2, -0.15) is 0 Å². The van der Waals surface area contributed by atoms with E-state index in [4.69, 9.17) is 11.5 Å². The van der Waals surface area contributed by atoms with Gasteiger partial charge in [0.15, 0.2) is 0 Å². The highest BCUT2D eigenvalue weighted by molar-refractivity contribution is 5.84. The van der Waals surface area contributed by atoms with Crippen LogP contribution in [0.25, 0.3) is 10.9 Å². The molecule has 2 rings (SSSR count). The number of nitrogens with two attached hydrogens (primary N) is 2. The first kappa shape index (κ1) is 13.3. The Morgan fingerprint density at radius 2 is 2.05 bits per heavy atom. The molecule has 1 unspecified atom stereocenters. The molecule has 100 valence electrons. The largest absolute Gasteiger partial charge is 0.368 e. The molecule has 1 heterocycles. The van der Waals surface area contributed by atoms with E-state index in [0.717, 1.165) is 5.39 Å². The van der Waals surface area contributed by atoms with E-state index in [1.807, 2.05) is 31.2 Å². The molecule has 0 saturated heterocycles. The summed E-state index contributed by atoms with van der Waals surface area (Å²) < 4.78 is 1.46. The van der Waals surface area contributed by atoms with Crippen LogP contribution in [0.15, 0.2) is 35.1 Å². The number of rotatable bonds is 4. The summed E-state index contributed by atoms with van der Waals surface area (Å²) in [5.41, 5.74) is 11.9. The lowest BCUT2D eigenvalue weighted by atomic mass is 10.1. The monoisotopic (exact) mass is 259 g/mol. The number of benzene rings is 1. The molecule has 4 N–H and O–H groups in total. The summed E-state index contributed by atoms with van der Waals surface area (Å²) in [5.74, 6) is -0.510. The van der Waals surface area contributed by atoms with Crippen molar-refractivity contribution < 1.29 is 4.79 Å². The number of aromatic nitrogens is 1. The van der Waals surface area contributed by atoms with Gasteiger partial charge in [0.05, 0.1) is 5.52 Å². The average molecular weight is 259 g/mol. The van der Waals surface area contributed by atoms with Crippen molar-refractivity contribution in [3.05, 3.63) is 46.2 Å². The van der Waals surface area contributed by atoms with Gasteiger partial charge >= 0.3 is 0 Å². The summed E-state index contributed by atoms with van der Waals surface area (Å²) in [7, 11) is 0. The molecule has 0 radical (unpaired) electrons. The van der Waals surface area contributed by atoms with E-state index >= 15 is 0 Å². The Balaban J connectivity index is 2.86. The SMILES string of the molecule is CCC(C(N)=O)n1c(=O)c(CN)cc2ccccc21. The number of pyridine rings is 1. The number of para-hydroxylation sites is 1. The van der Waals surface area contributed by atoms with Crippen molar-refractivity contribution in [2.45, 2.75) is 25.9 Å². The molecule has 1 aromatic heterocycles. The van der Waals surface area contributed by atoms with Crippen molar-refractivity contribution in [2.24, 2.45) is 11.5 Å². The van der Waals surface area contributed by atoms with Crippen molar-refractivity contribution >= 4 is 16.8 Å².